The second-order valence-corrected chi connectivity index (χ2v) is 3.88. The number of methoxy groups -OCH3 is 1. The molecule has 1 aromatic carbocycles. The van der Waals surface area contributed by atoms with Gasteiger partial charge in [0.15, 0.2) is 0 Å². The van der Waals surface area contributed by atoms with Gasteiger partial charge in [-0.2, -0.15) is 0 Å². The SMILES string of the molecule is COCCCN=C(NN)Nc1ccc(F)cc1Cl. The monoisotopic (exact) mass is 274 g/mol. The van der Waals surface area contributed by atoms with Crippen LogP contribution < -0.4 is 16.6 Å². The molecule has 0 radical (unpaired) electrons. The molecule has 18 heavy (non-hydrogen) atoms. The Balaban J connectivity index is 2.61. The van der Waals surface area contributed by atoms with Crippen molar-refractivity contribution in [2.45, 2.75) is 6.42 Å². The van der Waals surface area contributed by atoms with E-state index in [4.69, 9.17) is 22.2 Å². The van der Waals surface area contributed by atoms with Gasteiger partial charge in [-0.25, -0.2) is 10.2 Å². The highest BCUT2D eigenvalue weighted by atomic mass is 35.5. The average Bonchev–Trinajstić information content (AvgIpc) is 2.35. The minimum Gasteiger partial charge on any atom is -0.385 e. The van der Waals surface area contributed by atoms with Crippen LogP contribution in [-0.2, 0) is 4.74 Å². The van der Waals surface area contributed by atoms with E-state index in [0.717, 1.165) is 6.42 Å². The summed E-state index contributed by atoms with van der Waals surface area (Å²) in [5.74, 6) is 5.29. The number of guanidine groups is 1. The number of halogens is 2. The molecule has 0 heterocycles. The van der Waals surface area contributed by atoms with Gasteiger partial charge in [-0.15, -0.1) is 0 Å². The van der Waals surface area contributed by atoms with Crippen molar-refractivity contribution in [3.63, 3.8) is 0 Å². The molecule has 0 aromatic heterocycles. The maximum absolute atomic E-state index is 12.9. The minimum atomic E-state index is -0.398. The topological polar surface area (TPSA) is 71.7 Å². The van der Waals surface area contributed by atoms with Gasteiger partial charge >= 0.3 is 0 Å². The highest BCUT2D eigenvalue weighted by Crippen LogP contribution is 2.22. The summed E-state index contributed by atoms with van der Waals surface area (Å²) >= 11 is 5.87. The molecular formula is C11H16ClFN4O. The van der Waals surface area contributed by atoms with Gasteiger partial charge in [0.05, 0.1) is 10.7 Å². The Morgan fingerprint density at radius 1 is 1.56 bits per heavy atom. The van der Waals surface area contributed by atoms with Gasteiger partial charge in [0.25, 0.3) is 0 Å². The number of hydrogen-bond acceptors (Lipinski definition) is 3. The van der Waals surface area contributed by atoms with E-state index in [0.29, 0.717) is 24.8 Å². The Morgan fingerprint density at radius 2 is 2.33 bits per heavy atom. The molecule has 7 heteroatoms. The van der Waals surface area contributed by atoms with Crippen molar-refractivity contribution in [2.75, 3.05) is 25.6 Å². The molecule has 0 spiro atoms. The van der Waals surface area contributed by atoms with Gasteiger partial charge in [0.1, 0.15) is 5.82 Å². The molecule has 1 rings (SSSR count). The van der Waals surface area contributed by atoms with E-state index in [1.165, 1.54) is 18.2 Å². The first-order valence-electron chi connectivity index (χ1n) is 5.39. The Labute approximate surface area is 110 Å². The Morgan fingerprint density at radius 3 is 2.94 bits per heavy atom. The molecule has 0 aliphatic rings. The number of benzene rings is 1. The lowest BCUT2D eigenvalue weighted by atomic mass is 10.3. The Bertz CT molecular complexity index is 414. The second-order valence-electron chi connectivity index (χ2n) is 3.47. The summed E-state index contributed by atoms with van der Waals surface area (Å²) in [6.07, 6.45) is 0.778. The van der Waals surface area contributed by atoms with Crippen LogP contribution in [0.15, 0.2) is 23.2 Å². The fraction of sp³-hybridized carbons (Fsp3) is 0.364. The van der Waals surface area contributed by atoms with Crippen LogP contribution >= 0.6 is 11.6 Å². The van der Waals surface area contributed by atoms with Crippen molar-refractivity contribution in [2.24, 2.45) is 10.8 Å². The highest BCUT2D eigenvalue weighted by Gasteiger charge is 2.04. The standard InChI is InChI=1S/C11H16ClFN4O/c1-18-6-2-5-15-11(17-14)16-10-4-3-8(13)7-9(10)12/h3-4,7H,2,5-6,14H2,1H3,(H2,15,16,17). The van der Waals surface area contributed by atoms with Crippen LogP contribution in [0.4, 0.5) is 10.1 Å². The molecule has 0 saturated carbocycles. The molecule has 5 nitrogen and oxygen atoms in total. The fourth-order valence-corrected chi connectivity index (χ4v) is 1.45. The number of ether oxygens (including phenoxy) is 1. The number of nitrogens with two attached hydrogens (primary N) is 1. The van der Waals surface area contributed by atoms with E-state index in [1.54, 1.807) is 7.11 Å². The third kappa shape index (κ3) is 4.87. The van der Waals surface area contributed by atoms with Crippen LogP contribution in [0.2, 0.25) is 5.02 Å². The summed E-state index contributed by atoms with van der Waals surface area (Å²) in [5.41, 5.74) is 2.94. The first-order chi connectivity index (χ1) is 8.67. The number of rotatable bonds is 5. The Kier molecular flexibility index (Phi) is 6.42. The first-order valence-corrected chi connectivity index (χ1v) is 5.77. The zero-order chi connectivity index (χ0) is 13.4. The van der Waals surface area contributed by atoms with Crippen LogP contribution in [0.25, 0.3) is 0 Å². The molecule has 100 valence electrons. The maximum Gasteiger partial charge on any atom is 0.210 e. The zero-order valence-corrected chi connectivity index (χ0v) is 10.8. The van der Waals surface area contributed by atoms with Crippen molar-refractivity contribution < 1.29 is 9.13 Å². The molecule has 1 aromatic rings. The van der Waals surface area contributed by atoms with Gasteiger partial charge in [-0.3, -0.25) is 10.4 Å². The molecule has 0 bridgehead atoms. The van der Waals surface area contributed by atoms with Gasteiger partial charge in [-0.05, 0) is 24.6 Å². The lowest BCUT2D eigenvalue weighted by molar-refractivity contribution is 0.197. The predicted octanol–water partition coefficient (Wildman–Crippen LogP) is 1.75. The maximum atomic E-state index is 12.9. The van der Waals surface area contributed by atoms with Crippen LogP contribution in [0.3, 0.4) is 0 Å². The number of aliphatic imine (C=N–C) groups is 1. The number of hydrazine groups is 1. The third-order valence-electron chi connectivity index (χ3n) is 2.10. The summed E-state index contributed by atoms with van der Waals surface area (Å²) in [6, 6.07) is 4.02. The third-order valence-corrected chi connectivity index (χ3v) is 2.41. The molecule has 0 saturated heterocycles. The van der Waals surface area contributed by atoms with Gasteiger partial charge in [0.2, 0.25) is 5.96 Å². The Hall–Kier alpha value is -1.37. The predicted molar refractivity (Wildman–Crippen MR) is 71.2 cm³/mol. The van der Waals surface area contributed by atoms with Crippen molar-refractivity contribution in [3.05, 3.63) is 29.0 Å². The summed E-state index contributed by atoms with van der Waals surface area (Å²) < 4.78 is 17.8. The fourth-order valence-electron chi connectivity index (χ4n) is 1.24. The highest BCUT2D eigenvalue weighted by molar-refractivity contribution is 6.33. The van der Waals surface area contributed by atoms with Crippen LogP contribution in [0.1, 0.15) is 6.42 Å². The van der Waals surface area contributed by atoms with Gasteiger partial charge in [0, 0.05) is 20.3 Å². The molecule has 0 unspecified atom stereocenters. The lowest BCUT2D eigenvalue weighted by Gasteiger charge is -2.10. The number of nitrogens with zero attached hydrogens (tertiary/aromatic N) is 1. The van der Waals surface area contributed by atoms with E-state index < -0.39 is 5.82 Å². The quantitative estimate of drug-likeness (QED) is 0.251. The average molecular weight is 275 g/mol. The van der Waals surface area contributed by atoms with Crippen LogP contribution in [0.5, 0.6) is 0 Å². The summed E-state index contributed by atoms with van der Waals surface area (Å²) in [4.78, 5) is 4.18. The molecule has 0 amide bonds. The molecule has 0 atom stereocenters. The van der Waals surface area contributed by atoms with E-state index in [9.17, 15) is 4.39 Å². The van der Waals surface area contributed by atoms with Crippen molar-refractivity contribution >= 4 is 23.2 Å². The van der Waals surface area contributed by atoms with Crippen LogP contribution in [-0.4, -0.2) is 26.2 Å². The normalized spacial score (nSPS) is 11.4. The van der Waals surface area contributed by atoms with Crippen molar-refractivity contribution in [1.82, 2.24) is 5.43 Å². The van der Waals surface area contributed by atoms with E-state index in [1.807, 2.05) is 0 Å². The minimum absolute atomic E-state index is 0.259. The zero-order valence-electron chi connectivity index (χ0n) is 10.0. The smallest absolute Gasteiger partial charge is 0.210 e. The molecule has 4 N–H and O–H groups in total. The molecule has 0 aliphatic heterocycles. The molecule has 0 aliphatic carbocycles. The summed E-state index contributed by atoms with van der Waals surface area (Å²) in [7, 11) is 1.63. The number of nitrogens with one attached hydrogen (secondary N) is 2. The number of anilines is 1. The molecular weight excluding hydrogens is 259 g/mol. The van der Waals surface area contributed by atoms with E-state index in [-0.39, 0.29) is 5.02 Å². The first kappa shape index (κ1) is 14.7. The van der Waals surface area contributed by atoms with Crippen LogP contribution in [0, 0.1) is 5.82 Å². The summed E-state index contributed by atoms with van der Waals surface area (Å²) in [5, 5.41) is 3.13. The van der Waals surface area contributed by atoms with Gasteiger partial charge < -0.3 is 10.1 Å². The van der Waals surface area contributed by atoms with Crippen molar-refractivity contribution in [3.8, 4) is 0 Å². The van der Waals surface area contributed by atoms with Crippen molar-refractivity contribution in [1.29, 1.82) is 0 Å². The number of hydrogen-bond donors (Lipinski definition) is 3. The van der Waals surface area contributed by atoms with Gasteiger partial charge in [-0.1, -0.05) is 11.6 Å². The van der Waals surface area contributed by atoms with E-state index >= 15 is 0 Å². The second kappa shape index (κ2) is 7.86. The van der Waals surface area contributed by atoms with E-state index in [2.05, 4.69) is 15.7 Å². The largest absolute Gasteiger partial charge is 0.385 e. The summed E-state index contributed by atoms with van der Waals surface area (Å²) in [6.45, 7) is 1.18. The molecule has 0 fully saturated rings. The lowest BCUT2D eigenvalue weighted by Crippen LogP contribution is -2.36.